The summed E-state index contributed by atoms with van der Waals surface area (Å²) < 4.78 is 26.6. The van der Waals surface area contributed by atoms with Crippen molar-refractivity contribution in [2.24, 2.45) is 5.73 Å². The molecule has 0 aliphatic heterocycles. The Morgan fingerprint density at radius 2 is 1.83 bits per heavy atom. The van der Waals surface area contributed by atoms with E-state index in [0.717, 1.165) is 5.56 Å². The molecule has 1 rings (SSSR count). The van der Waals surface area contributed by atoms with Crippen LogP contribution in [0, 0.1) is 0 Å². The summed E-state index contributed by atoms with van der Waals surface area (Å²) in [5.74, 6) is 0. The predicted molar refractivity (Wildman–Crippen MR) is 77.2 cm³/mol. The van der Waals surface area contributed by atoms with Gasteiger partial charge in [0.2, 0.25) is 10.0 Å². The SMILES string of the molecule is CSC(C)CNS(=O)(=O)c1ccc(C(C)N)cc1. The molecule has 0 radical (unpaired) electrons. The Bertz CT molecular complexity index is 469. The molecule has 3 N–H and O–H groups in total. The Balaban J connectivity index is 2.79. The van der Waals surface area contributed by atoms with Crippen LogP contribution in [0.25, 0.3) is 0 Å². The second kappa shape index (κ2) is 6.56. The molecule has 18 heavy (non-hydrogen) atoms. The molecule has 0 amide bonds. The Labute approximate surface area is 113 Å². The molecule has 2 atom stereocenters. The predicted octanol–water partition coefficient (Wildman–Crippen LogP) is 1.74. The van der Waals surface area contributed by atoms with Crippen LogP contribution < -0.4 is 10.5 Å². The summed E-state index contributed by atoms with van der Waals surface area (Å²) in [5.41, 5.74) is 6.64. The molecule has 2 unspecified atom stereocenters. The fraction of sp³-hybridized carbons (Fsp3) is 0.500. The van der Waals surface area contributed by atoms with Gasteiger partial charge < -0.3 is 5.73 Å². The Kier molecular flexibility index (Phi) is 5.65. The van der Waals surface area contributed by atoms with Gasteiger partial charge in [-0.25, -0.2) is 13.1 Å². The van der Waals surface area contributed by atoms with Gasteiger partial charge in [0.05, 0.1) is 4.90 Å². The fourth-order valence-corrected chi connectivity index (χ4v) is 2.83. The zero-order chi connectivity index (χ0) is 13.8. The van der Waals surface area contributed by atoms with E-state index >= 15 is 0 Å². The molecule has 0 fully saturated rings. The molecule has 0 aliphatic rings. The molecule has 0 spiro atoms. The number of thioether (sulfide) groups is 1. The van der Waals surface area contributed by atoms with E-state index in [0.29, 0.717) is 6.54 Å². The van der Waals surface area contributed by atoms with Gasteiger partial charge in [-0.3, -0.25) is 0 Å². The van der Waals surface area contributed by atoms with Crippen LogP contribution in [0.1, 0.15) is 25.5 Å². The van der Waals surface area contributed by atoms with Crippen LogP contribution in [-0.4, -0.2) is 26.5 Å². The van der Waals surface area contributed by atoms with Crippen molar-refractivity contribution in [1.82, 2.24) is 4.72 Å². The van der Waals surface area contributed by atoms with E-state index in [1.807, 2.05) is 20.1 Å². The number of nitrogens with one attached hydrogen (secondary N) is 1. The highest BCUT2D eigenvalue weighted by atomic mass is 32.2. The highest BCUT2D eigenvalue weighted by molar-refractivity contribution is 7.99. The first-order chi connectivity index (χ1) is 8.36. The smallest absolute Gasteiger partial charge is 0.240 e. The van der Waals surface area contributed by atoms with Gasteiger partial charge in [-0.1, -0.05) is 19.1 Å². The van der Waals surface area contributed by atoms with Crippen molar-refractivity contribution in [1.29, 1.82) is 0 Å². The minimum absolute atomic E-state index is 0.0915. The number of nitrogens with two attached hydrogens (primary N) is 1. The molecule has 0 aliphatic carbocycles. The van der Waals surface area contributed by atoms with Crippen molar-refractivity contribution in [3.05, 3.63) is 29.8 Å². The van der Waals surface area contributed by atoms with Gasteiger partial charge >= 0.3 is 0 Å². The number of hydrogen-bond donors (Lipinski definition) is 2. The molecule has 0 saturated carbocycles. The highest BCUT2D eigenvalue weighted by Crippen LogP contribution is 2.15. The van der Waals surface area contributed by atoms with E-state index in [2.05, 4.69) is 4.72 Å². The molecule has 102 valence electrons. The number of benzene rings is 1. The lowest BCUT2D eigenvalue weighted by molar-refractivity contribution is 0.581. The van der Waals surface area contributed by atoms with E-state index in [9.17, 15) is 8.42 Å². The average molecular weight is 288 g/mol. The largest absolute Gasteiger partial charge is 0.324 e. The number of hydrogen-bond acceptors (Lipinski definition) is 4. The van der Waals surface area contributed by atoms with Crippen molar-refractivity contribution < 1.29 is 8.42 Å². The maximum Gasteiger partial charge on any atom is 0.240 e. The van der Waals surface area contributed by atoms with E-state index < -0.39 is 10.0 Å². The van der Waals surface area contributed by atoms with E-state index in [1.165, 1.54) is 0 Å². The summed E-state index contributed by atoms with van der Waals surface area (Å²) in [4.78, 5) is 0.278. The lowest BCUT2D eigenvalue weighted by Gasteiger charge is -2.11. The summed E-state index contributed by atoms with van der Waals surface area (Å²) in [5, 5.41) is 0.253. The minimum Gasteiger partial charge on any atom is -0.324 e. The van der Waals surface area contributed by atoms with Gasteiger partial charge in [0, 0.05) is 17.8 Å². The summed E-state index contributed by atoms with van der Waals surface area (Å²) in [6, 6.07) is 6.58. The first kappa shape index (κ1) is 15.5. The molecular formula is C12H20N2O2S2. The third-order valence-corrected chi connectivity index (χ3v) is 5.09. The minimum atomic E-state index is -3.41. The zero-order valence-electron chi connectivity index (χ0n) is 10.9. The van der Waals surface area contributed by atoms with Crippen LogP contribution in [0.4, 0.5) is 0 Å². The first-order valence-corrected chi connectivity index (χ1v) is 8.52. The summed E-state index contributed by atoms with van der Waals surface area (Å²) in [6.07, 6.45) is 1.95. The van der Waals surface area contributed by atoms with Crippen LogP contribution >= 0.6 is 11.8 Å². The maximum atomic E-state index is 12.0. The van der Waals surface area contributed by atoms with Crippen molar-refractivity contribution >= 4 is 21.8 Å². The molecule has 4 nitrogen and oxygen atoms in total. The van der Waals surface area contributed by atoms with Gasteiger partial charge in [-0.2, -0.15) is 11.8 Å². The van der Waals surface area contributed by atoms with Crippen LogP contribution in [0.5, 0.6) is 0 Å². The van der Waals surface area contributed by atoms with Crippen LogP contribution in [-0.2, 0) is 10.0 Å². The van der Waals surface area contributed by atoms with Crippen molar-refractivity contribution in [3.63, 3.8) is 0 Å². The van der Waals surface area contributed by atoms with Gasteiger partial charge in [0.15, 0.2) is 0 Å². The molecule has 6 heteroatoms. The van der Waals surface area contributed by atoms with E-state index in [-0.39, 0.29) is 16.2 Å². The molecule has 1 aromatic rings. The lowest BCUT2D eigenvalue weighted by Crippen LogP contribution is -2.29. The Morgan fingerprint density at radius 1 is 1.28 bits per heavy atom. The van der Waals surface area contributed by atoms with E-state index in [4.69, 9.17) is 5.73 Å². The first-order valence-electron chi connectivity index (χ1n) is 5.75. The van der Waals surface area contributed by atoms with Gasteiger partial charge in [0.1, 0.15) is 0 Å². The lowest BCUT2D eigenvalue weighted by atomic mass is 10.1. The highest BCUT2D eigenvalue weighted by Gasteiger charge is 2.14. The monoisotopic (exact) mass is 288 g/mol. The maximum absolute atomic E-state index is 12.0. The third-order valence-electron chi connectivity index (χ3n) is 2.68. The fourth-order valence-electron chi connectivity index (χ4n) is 1.34. The average Bonchev–Trinajstić information content (AvgIpc) is 2.36. The molecule has 0 saturated heterocycles. The van der Waals surface area contributed by atoms with Crippen LogP contribution in [0.3, 0.4) is 0 Å². The Morgan fingerprint density at radius 3 is 2.28 bits per heavy atom. The molecule has 0 aromatic heterocycles. The summed E-state index contributed by atoms with van der Waals surface area (Å²) >= 11 is 1.62. The third kappa shape index (κ3) is 4.28. The van der Waals surface area contributed by atoms with Crippen LogP contribution in [0.15, 0.2) is 29.2 Å². The molecule has 1 aromatic carbocycles. The number of sulfonamides is 1. The topological polar surface area (TPSA) is 72.2 Å². The second-order valence-corrected chi connectivity index (χ2v) is 7.30. The molecular weight excluding hydrogens is 268 g/mol. The quantitative estimate of drug-likeness (QED) is 0.836. The van der Waals surface area contributed by atoms with Gasteiger partial charge in [-0.05, 0) is 30.9 Å². The van der Waals surface area contributed by atoms with Crippen molar-refractivity contribution in [2.45, 2.75) is 30.0 Å². The van der Waals surface area contributed by atoms with Gasteiger partial charge in [0.25, 0.3) is 0 Å². The molecule has 0 heterocycles. The summed E-state index contributed by atoms with van der Waals surface area (Å²) in [6.45, 7) is 4.27. The van der Waals surface area contributed by atoms with Gasteiger partial charge in [-0.15, -0.1) is 0 Å². The van der Waals surface area contributed by atoms with E-state index in [1.54, 1.807) is 36.0 Å². The van der Waals surface area contributed by atoms with Crippen LogP contribution in [0.2, 0.25) is 0 Å². The second-order valence-electron chi connectivity index (χ2n) is 4.26. The summed E-state index contributed by atoms with van der Waals surface area (Å²) in [7, 11) is -3.41. The zero-order valence-corrected chi connectivity index (χ0v) is 12.5. The van der Waals surface area contributed by atoms with Crippen molar-refractivity contribution in [3.8, 4) is 0 Å². The molecule has 0 bridgehead atoms. The van der Waals surface area contributed by atoms with Crippen molar-refractivity contribution in [2.75, 3.05) is 12.8 Å². The normalized spacial score (nSPS) is 15.3. The Hall–Kier alpha value is -0.560. The standard InChI is InChI=1S/C12H20N2O2S2/c1-9(17-3)8-14-18(15,16)12-6-4-11(5-7-12)10(2)13/h4-7,9-10,14H,8,13H2,1-3H3. The number of rotatable bonds is 6.